The van der Waals surface area contributed by atoms with Crippen molar-refractivity contribution in [2.24, 2.45) is 5.92 Å². The molecule has 43 heavy (non-hydrogen) atoms. The van der Waals surface area contributed by atoms with E-state index in [1.54, 1.807) is 19.2 Å². The molecule has 2 aromatic carbocycles. The van der Waals surface area contributed by atoms with Crippen LogP contribution in [0.1, 0.15) is 58.6 Å². The summed E-state index contributed by atoms with van der Waals surface area (Å²) in [6.07, 6.45) is 1.08. The van der Waals surface area contributed by atoms with Crippen molar-refractivity contribution in [3.8, 4) is 0 Å². The molecule has 10 nitrogen and oxygen atoms in total. The zero-order chi connectivity index (χ0) is 31.6. The van der Waals surface area contributed by atoms with Gasteiger partial charge in [-0.15, -0.1) is 0 Å². The van der Waals surface area contributed by atoms with Crippen molar-refractivity contribution < 1.29 is 23.9 Å². The molecule has 1 saturated heterocycles. The lowest BCUT2D eigenvalue weighted by Crippen LogP contribution is -2.61. The first-order chi connectivity index (χ1) is 20.4. The quantitative estimate of drug-likeness (QED) is 0.303. The van der Waals surface area contributed by atoms with E-state index in [4.69, 9.17) is 9.47 Å². The number of nitrogens with zero attached hydrogens (tertiary/aromatic N) is 2. The minimum atomic E-state index is -0.704. The predicted molar refractivity (Wildman–Crippen MR) is 167 cm³/mol. The number of hydrazine groups is 1. The SMILES string of the molecule is COC(OC)[C@H](Cc1ccccc1)NC(=O)N(Cc1ccccc1)N1CCC[C@H]1C(=O)N[C@H](C(=O)NC(C)(C)C)C(C)C. The topological polar surface area (TPSA) is 112 Å². The minimum absolute atomic E-state index is 0.122. The second-order valence-electron chi connectivity index (χ2n) is 12.4. The van der Waals surface area contributed by atoms with Crippen LogP contribution >= 0.6 is 0 Å². The highest BCUT2D eigenvalue weighted by atomic mass is 16.7. The smallest absolute Gasteiger partial charge is 0.332 e. The molecular formula is C33H49N5O5. The molecule has 0 unspecified atom stereocenters. The van der Waals surface area contributed by atoms with Crippen molar-refractivity contribution in [2.45, 2.75) is 90.4 Å². The molecule has 0 spiro atoms. The Labute approximate surface area is 256 Å². The van der Waals surface area contributed by atoms with E-state index in [0.717, 1.165) is 17.5 Å². The Bertz CT molecular complexity index is 1170. The van der Waals surface area contributed by atoms with Gasteiger partial charge in [0.2, 0.25) is 11.8 Å². The second kappa shape index (κ2) is 15.8. The van der Waals surface area contributed by atoms with E-state index in [1.165, 1.54) is 0 Å². The van der Waals surface area contributed by atoms with Gasteiger partial charge < -0.3 is 25.4 Å². The fourth-order valence-corrected chi connectivity index (χ4v) is 5.32. The molecule has 0 aliphatic carbocycles. The van der Waals surface area contributed by atoms with Crippen molar-refractivity contribution in [1.29, 1.82) is 0 Å². The van der Waals surface area contributed by atoms with Gasteiger partial charge in [0, 0.05) is 26.3 Å². The lowest BCUT2D eigenvalue weighted by atomic mass is 10.0. The highest BCUT2D eigenvalue weighted by Gasteiger charge is 2.40. The summed E-state index contributed by atoms with van der Waals surface area (Å²) in [5.41, 5.74) is 1.51. The molecule has 10 heteroatoms. The van der Waals surface area contributed by atoms with Crippen molar-refractivity contribution in [3.63, 3.8) is 0 Å². The maximum atomic E-state index is 14.1. The van der Waals surface area contributed by atoms with Gasteiger partial charge in [-0.3, -0.25) is 14.6 Å². The molecule has 236 valence electrons. The van der Waals surface area contributed by atoms with Crippen LogP contribution in [-0.4, -0.2) is 78.6 Å². The van der Waals surface area contributed by atoms with Gasteiger partial charge in [0.05, 0.1) is 12.6 Å². The number of carbonyl (C=O) groups excluding carboxylic acids is 3. The average molecular weight is 596 g/mol. The summed E-state index contributed by atoms with van der Waals surface area (Å²) in [6.45, 7) is 10.3. The maximum Gasteiger partial charge on any atom is 0.332 e. The van der Waals surface area contributed by atoms with Crippen LogP contribution in [0.5, 0.6) is 0 Å². The van der Waals surface area contributed by atoms with Gasteiger partial charge in [0.1, 0.15) is 12.1 Å². The van der Waals surface area contributed by atoms with Gasteiger partial charge in [0.25, 0.3) is 0 Å². The van der Waals surface area contributed by atoms with E-state index in [-0.39, 0.29) is 30.3 Å². The first-order valence-electron chi connectivity index (χ1n) is 15.0. The van der Waals surface area contributed by atoms with Gasteiger partial charge >= 0.3 is 6.03 Å². The molecule has 0 aromatic heterocycles. The highest BCUT2D eigenvalue weighted by molar-refractivity contribution is 5.90. The Morgan fingerprint density at radius 3 is 2.05 bits per heavy atom. The van der Waals surface area contributed by atoms with E-state index in [2.05, 4.69) is 16.0 Å². The summed E-state index contributed by atoms with van der Waals surface area (Å²) in [5, 5.41) is 12.5. The molecule has 0 saturated carbocycles. The monoisotopic (exact) mass is 595 g/mol. The molecule has 3 atom stereocenters. The van der Waals surface area contributed by atoms with Gasteiger partial charge in [-0.25, -0.2) is 9.80 Å². The van der Waals surface area contributed by atoms with Crippen LogP contribution in [0, 0.1) is 5.92 Å². The Balaban J connectivity index is 1.87. The van der Waals surface area contributed by atoms with E-state index in [0.29, 0.717) is 19.4 Å². The van der Waals surface area contributed by atoms with E-state index < -0.39 is 30.0 Å². The summed E-state index contributed by atoms with van der Waals surface area (Å²) in [7, 11) is 3.09. The van der Waals surface area contributed by atoms with Crippen molar-refractivity contribution >= 4 is 17.8 Å². The van der Waals surface area contributed by atoms with Crippen molar-refractivity contribution in [3.05, 3.63) is 71.8 Å². The minimum Gasteiger partial charge on any atom is -0.354 e. The fraction of sp³-hybridized carbons (Fsp3) is 0.545. The Kier molecular flexibility index (Phi) is 12.5. The van der Waals surface area contributed by atoms with Crippen molar-refractivity contribution in [2.75, 3.05) is 20.8 Å². The highest BCUT2D eigenvalue weighted by Crippen LogP contribution is 2.23. The number of hydrogen-bond acceptors (Lipinski definition) is 6. The third-order valence-corrected chi connectivity index (χ3v) is 7.39. The maximum absolute atomic E-state index is 14.1. The Hall–Kier alpha value is -3.47. The molecular weight excluding hydrogens is 546 g/mol. The molecule has 0 radical (unpaired) electrons. The first kappa shape index (κ1) is 34.0. The van der Waals surface area contributed by atoms with Crippen LogP contribution < -0.4 is 16.0 Å². The normalized spacial score (nSPS) is 17.0. The summed E-state index contributed by atoms with van der Waals surface area (Å²) in [5.74, 6) is -0.629. The van der Waals surface area contributed by atoms with Crippen LogP contribution in [0.2, 0.25) is 0 Å². The second-order valence-corrected chi connectivity index (χ2v) is 12.4. The molecule has 3 N–H and O–H groups in total. The molecule has 3 rings (SSSR count). The van der Waals surface area contributed by atoms with Gasteiger partial charge in [-0.1, -0.05) is 74.5 Å². The standard InChI is InChI=1S/C33H49N5O5/c1-23(2)28(30(40)36-33(3,4)5)35-29(39)27-19-14-20-37(27)38(22-25-17-12-9-13-18-25)32(41)34-26(31(42-6)43-7)21-24-15-10-8-11-16-24/h8-13,15-18,23,26-28,31H,14,19-22H2,1-7H3,(H,34,41)(H,35,39)(H,36,40)/t26-,27-,28-/m0/s1. The number of nitrogens with one attached hydrogen (secondary N) is 3. The van der Waals surface area contributed by atoms with Crippen LogP contribution in [0.3, 0.4) is 0 Å². The number of methoxy groups -OCH3 is 2. The molecule has 0 bridgehead atoms. The molecule has 1 aliphatic heterocycles. The number of ether oxygens (including phenoxy) is 2. The average Bonchev–Trinajstić information content (AvgIpc) is 3.45. The fourth-order valence-electron chi connectivity index (χ4n) is 5.32. The van der Waals surface area contributed by atoms with Crippen LogP contribution in [0.25, 0.3) is 0 Å². The van der Waals surface area contributed by atoms with E-state index >= 15 is 0 Å². The number of rotatable bonds is 13. The summed E-state index contributed by atoms with van der Waals surface area (Å²) in [6, 6.07) is 17.3. The zero-order valence-corrected chi connectivity index (χ0v) is 26.6. The molecule has 1 aliphatic rings. The number of hydrogen-bond donors (Lipinski definition) is 3. The lowest BCUT2D eigenvalue weighted by molar-refractivity contribution is -0.137. The Morgan fingerprint density at radius 1 is 0.930 bits per heavy atom. The van der Waals surface area contributed by atoms with Crippen LogP contribution in [-0.2, 0) is 32.0 Å². The van der Waals surface area contributed by atoms with Crippen LogP contribution in [0.15, 0.2) is 60.7 Å². The number of benzene rings is 2. The predicted octanol–water partition coefficient (Wildman–Crippen LogP) is 3.86. The van der Waals surface area contributed by atoms with E-state index in [1.807, 2.05) is 100 Å². The van der Waals surface area contributed by atoms with Crippen molar-refractivity contribution in [1.82, 2.24) is 26.0 Å². The zero-order valence-electron chi connectivity index (χ0n) is 26.6. The van der Waals surface area contributed by atoms with E-state index in [9.17, 15) is 14.4 Å². The van der Waals surface area contributed by atoms with Gasteiger partial charge in [-0.05, 0) is 57.1 Å². The largest absolute Gasteiger partial charge is 0.354 e. The van der Waals surface area contributed by atoms with Gasteiger partial charge in [0.15, 0.2) is 6.29 Å². The lowest BCUT2D eigenvalue weighted by Gasteiger charge is -2.38. The molecule has 1 heterocycles. The van der Waals surface area contributed by atoms with Gasteiger partial charge in [-0.2, -0.15) is 0 Å². The van der Waals surface area contributed by atoms with Crippen LogP contribution in [0.4, 0.5) is 4.79 Å². The molecule has 1 fully saturated rings. The third kappa shape index (κ3) is 10.0. The number of urea groups is 1. The summed E-state index contributed by atoms with van der Waals surface area (Å²) < 4.78 is 11.1. The third-order valence-electron chi connectivity index (χ3n) is 7.39. The summed E-state index contributed by atoms with van der Waals surface area (Å²) in [4.78, 5) is 40.9. The first-order valence-corrected chi connectivity index (χ1v) is 15.0. The number of carbonyl (C=O) groups is 3. The summed E-state index contributed by atoms with van der Waals surface area (Å²) >= 11 is 0. The number of amides is 4. The Morgan fingerprint density at radius 2 is 1.51 bits per heavy atom. The molecule has 2 aromatic rings. The molecule has 4 amide bonds.